The molecule has 2 rings (SSSR count). The summed E-state index contributed by atoms with van der Waals surface area (Å²) in [4.78, 5) is 11.6. The molecule has 0 aliphatic heterocycles. The number of anilines is 1. The van der Waals surface area contributed by atoms with Crippen LogP contribution < -0.4 is 5.73 Å². The number of esters is 1. The summed E-state index contributed by atoms with van der Waals surface area (Å²) in [5.41, 5.74) is 7.25. The third kappa shape index (κ3) is 2.83. The number of carbonyl (C=O) groups is 1. The lowest BCUT2D eigenvalue weighted by atomic mass is 9.96. The van der Waals surface area contributed by atoms with Crippen molar-refractivity contribution in [1.82, 2.24) is 0 Å². The van der Waals surface area contributed by atoms with E-state index in [1.54, 1.807) is 6.92 Å². The second-order valence-electron chi connectivity index (χ2n) is 4.49. The van der Waals surface area contributed by atoms with E-state index in [-0.39, 0.29) is 21.8 Å². The lowest BCUT2D eigenvalue weighted by molar-refractivity contribution is 0.0602. The van der Waals surface area contributed by atoms with Crippen LogP contribution in [-0.2, 0) is 4.74 Å². The maximum Gasteiger partial charge on any atom is 0.339 e. The molecule has 2 aromatic carbocycles. The molecule has 0 radical (unpaired) electrons. The maximum atomic E-state index is 13.9. The standard InChI is InChI=1S/C15H12ClF2NO2/c1-7-3-10(15(20)21-2)14(19)5-8(7)9-4-11(16)13(18)6-12(9)17/h3-6H,19H2,1-2H3. The van der Waals surface area contributed by atoms with Crippen molar-refractivity contribution in [3.63, 3.8) is 0 Å². The Hall–Kier alpha value is -2.14. The molecule has 0 unspecified atom stereocenters. The fourth-order valence-corrected chi connectivity index (χ4v) is 2.19. The van der Waals surface area contributed by atoms with Gasteiger partial charge in [-0.3, -0.25) is 0 Å². The van der Waals surface area contributed by atoms with E-state index in [4.69, 9.17) is 17.3 Å². The van der Waals surface area contributed by atoms with Crippen LogP contribution in [0.2, 0.25) is 5.02 Å². The normalized spacial score (nSPS) is 10.5. The van der Waals surface area contributed by atoms with E-state index in [1.165, 1.54) is 25.3 Å². The minimum atomic E-state index is -0.838. The summed E-state index contributed by atoms with van der Waals surface area (Å²) < 4.78 is 31.7. The molecule has 0 heterocycles. The van der Waals surface area contributed by atoms with Crippen LogP contribution in [0.5, 0.6) is 0 Å². The Kier molecular flexibility index (Phi) is 4.14. The Morgan fingerprint density at radius 1 is 1.14 bits per heavy atom. The predicted molar refractivity (Wildman–Crippen MR) is 77.3 cm³/mol. The van der Waals surface area contributed by atoms with Crippen LogP contribution in [0.15, 0.2) is 24.3 Å². The summed E-state index contributed by atoms with van der Waals surface area (Å²) in [5.74, 6) is -2.18. The Morgan fingerprint density at radius 2 is 1.81 bits per heavy atom. The van der Waals surface area contributed by atoms with Gasteiger partial charge in [0.25, 0.3) is 0 Å². The first-order chi connectivity index (χ1) is 9.85. The fraction of sp³-hybridized carbons (Fsp3) is 0.133. The van der Waals surface area contributed by atoms with Gasteiger partial charge < -0.3 is 10.5 Å². The SMILES string of the molecule is COC(=O)c1cc(C)c(-c2cc(Cl)c(F)cc2F)cc1N. The molecule has 0 fully saturated rings. The first kappa shape index (κ1) is 15.3. The minimum Gasteiger partial charge on any atom is -0.465 e. The third-order valence-corrected chi connectivity index (χ3v) is 3.39. The van der Waals surface area contributed by atoms with Crippen LogP contribution in [0.25, 0.3) is 11.1 Å². The van der Waals surface area contributed by atoms with Gasteiger partial charge >= 0.3 is 5.97 Å². The maximum absolute atomic E-state index is 13.9. The van der Waals surface area contributed by atoms with E-state index in [0.717, 1.165) is 0 Å². The third-order valence-electron chi connectivity index (χ3n) is 3.10. The topological polar surface area (TPSA) is 52.3 Å². The van der Waals surface area contributed by atoms with Crippen molar-refractivity contribution < 1.29 is 18.3 Å². The van der Waals surface area contributed by atoms with E-state index in [1.807, 2.05) is 0 Å². The number of nitrogen functional groups attached to an aromatic ring is 1. The summed E-state index contributed by atoms with van der Waals surface area (Å²) in [6, 6.07) is 4.83. The molecule has 0 saturated carbocycles. The van der Waals surface area contributed by atoms with Gasteiger partial charge in [0.05, 0.1) is 17.7 Å². The molecule has 0 spiro atoms. The molecule has 2 aromatic rings. The fourth-order valence-electron chi connectivity index (χ4n) is 2.03. The number of hydrogen-bond acceptors (Lipinski definition) is 3. The first-order valence-corrected chi connectivity index (χ1v) is 6.36. The highest BCUT2D eigenvalue weighted by Crippen LogP contribution is 2.33. The average molecular weight is 312 g/mol. The van der Waals surface area contributed by atoms with E-state index >= 15 is 0 Å². The summed E-state index contributed by atoms with van der Waals surface area (Å²) in [6.45, 7) is 1.68. The molecule has 0 bridgehead atoms. The number of aryl methyl sites for hydroxylation is 1. The smallest absolute Gasteiger partial charge is 0.339 e. The van der Waals surface area contributed by atoms with Crippen LogP contribution in [-0.4, -0.2) is 13.1 Å². The van der Waals surface area contributed by atoms with Crippen molar-refractivity contribution in [2.75, 3.05) is 12.8 Å². The Morgan fingerprint density at radius 3 is 2.43 bits per heavy atom. The minimum absolute atomic E-state index is 0.113. The predicted octanol–water partition coefficient (Wildman–Crippen LogP) is 3.96. The van der Waals surface area contributed by atoms with E-state index in [0.29, 0.717) is 17.2 Å². The molecule has 0 aromatic heterocycles. The number of methoxy groups -OCH3 is 1. The van der Waals surface area contributed by atoms with Gasteiger partial charge in [0, 0.05) is 17.3 Å². The van der Waals surface area contributed by atoms with Crippen molar-refractivity contribution >= 4 is 23.3 Å². The van der Waals surface area contributed by atoms with Crippen LogP contribution >= 0.6 is 11.6 Å². The zero-order valence-corrected chi connectivity index (χ0v) is 12.1. The second-order valence-corrected chi connectivity index (χ2v) is 4.90. The summed E-state index contributed by atoms with van der Waals surface area (Å²) in [5, 5.41) is -0.193. The summed E-state index contributed by atoms with van der Waals surface area (Å²) in [6.07, 6.45) is 0. The number of benzene rings is 2. The van der Waals surface area contributed by atoms with Crippen molar-refractivity contribution in [2.45, 2.75) is 6.92 Å². The van der Waals surface area contributed by atoms with Gasteiger partial charge in [0.15, 0.2) is 0 Å². The van der Waals surface area contributed by atoms with Crippen molar-refractivity contribution in [2.24, 2.45) is 0 Å². The van der Waals surface area contributed by atoms with Gasteiger partial charge in [-0.2, -0.15) is 0 Å². The Bertz CT molecular complexity index is 732. The summed E-state index contributed by atoms with van der Waals surface area (Å²) >= 11 is 5.68. The quantitative estimate of drug-likeness (QED) is 0.519. The largest absolute Gasteiger partial charge is 0.465 e. The van der Waals surface area contributed by atoms with Gasteiger partial charge in [0.1, 0.15) is 11.6 Å². The highest BCUT2D eigenvalue weighted by Gasteiger charge is 2.17. The van der Waals surface area contributed by atoms with Gasteiger partial charge in [-0.25, -0.2) is 13.6 Å². The molecular formula is C15H12ClF2NO2. The average Bonchev–Trinajstić information content (AvgIpc) is 2.44. The molecule has 0 aliphatic carbocycles. The van der Waals surface area contributed by atoms with Gasteiger partial charge in [-0.1, -0.05) is 11.6 Å². The Labute approximate surface area is 125 Å². The molecule has 3 nitrogen and oxygen atoms in total. The molecule has 110 valence electrons. The second kappa shape index (κ2) is 5.69. The number of nitrogens with two attached hydrogens (primary N) is 1. The van der Waals surface area contributed by atoms with Crippen LogP contribution in [0.4, 0.5) is 14.5 Å². The lowest BCUT2D eigenvalue weighted by Crippen LogP contribution is -2.07. The van der Waals surface area contributed by atoms with Gasteiger partial charge in [0.2, 0.25) is 0 Å². The van der Waals surface area contributed by atoms with E-state index < -0.39 is 17.6 Å². The van der Waals surface area contributed by atoms with E-state index in [2.05, 4.69) is 4.74 Å². The molecule has 0 aliphatic rings. The Balaban J connectivity index is 2.63. The zero-order chi connectivity index (χ0) is 15.7. The first-order valence-electron chi connectivity index (χ1n) is 5.98. The molecular weight excluding hydrogens is 300 g/mol. The highest BCUT2D eigenvalue weighted by atomic mass is 35.5. The molecule has 0 amide bonds. The van der Waals surface area contributed by atoms with E-state index in [9.17, 15) is 13.6 Å². The van der Waals surface area contributed by atoms with Gasteiger partial charge in [-0.05, 0) is 36.2 Å². The van der Waals surface area contributed by atoms with Crippen molar-refractivity contribution in [3.05, 3.63) is 52.0 Å². The van der Waals surface area contributed by atoms with Crippen molar-refractivity contribution in [1.29, 1.82) is 0 Å². The molecule has 0 saturated heterocycles. The van der Waals surface area contributed by atoms with Crippen LogP contribution in [0.1, 0.15) is 15.9 Å². The molecule has 2 N–H and O–H groups in total. The zero-order valence-electron chi connectivity index (χ0n) is 11.3. The monoisotopic (exact) mass is 311 g/mol. The van der Waals surface area contributed by atoms with Gasteiger partial charge in [-0.15, -0.1) is 0 Å². The number of rotatable bonds is 2. The highest BCUT2D eigenvalue weighted by molar-refractivity contribution is 6.31. The number of hydrogen-bond donors (Lipinski definition) is 1. The van der Waals surface area contributed by atoms with Crippen molar-refractivity contribution in [3.8, 4) is 11.1 Å². The number of ether oxygens (including phenoxy) is 1. The number of carbonyl (C=O) groups excluding carboxylic acids is 1. The lowest BCUT2D eigenvalue weighted by Gasteiger charge is -2.12. The molecule has 6 heteroatoms. The molecule has 21 heavy (non-hydrogen) atoms. The van der Waals surface area contributed by atoms with Crippen LogP contribution in [0, 0.1) is 18.6 Å². The number of halogens is 3. The molecule has 0 atom stereocenters. The summed E-state index contributed by atoms with van der Waals surface area (Å²) in [7, 11) is 1.24. The van der Waals surface area contributed by atoms with Crippen LogP contribution in [0.3, 0.4) is 0 Å².